The van der Waals surface area contributed by atoms with Crippen molar-refractivity contribution in [2.45, 2.75) is 19.9 Å². The SMILES string of the molecule is CC(=O)Oc1cc2c(s1)CCN(CC(=O)N1CCN(C(=O)c3ccco3)CC1)C2. The first-order chi connectivity index (χ1) is 14.0. The van der Waals surface area contributed by atoms with E-state index in [2.05, 4.69) is 4.90 Å². The van der Waals surface area contributed by atoms with E-state index in [0.717, 1.165) is 18.5 Å². The zero-order chi connectivity index (χ0) is 20.4. The van der Waals surface area contributed by atoms with Crippen LogP contribution in [0.15, 0.2) is 28.9 Å². The highest BCUT2D eigenvalue weighted by molar-refractivity contribution is 7.14. The summed E-state index contributed by atoms with van der Waals surface area (Å²) < 4.78 is 10.4. The van der Waals surface area contributed by atoms with E-state index in [9.17, 15) is 14.4 Å². The topological polar surface area (TPSA) is 83.3 Å². The van der Waals surface area contributed by atoms with Gasteiger partial charge in [-0.2, -0.15) is 0 Å². The van der Waals surface area contributed by atoms with Gasteiger partial charge < -0.3 is 19.0 Å². The minimum atomic E-state index is -0.319. The van der Waals surface area contributed by atoms with E-state index in [-0.39, 0.29) is 17.8 Å². The highest BCUT2D eigenvalue weighted by Crippen LogP contribution is 2.33. The third-order valence-corrected chi connectivity index (χ3v) is 6.29. The molecule has 154 valence electrons. The second kappa shape index (κ2) is 8.38. The molecule has 2 aromatic rings. The number of hydrogen-bond donors (Lipinski definition) is 0. The van der Waals surface area contributed by atoms with Crippen LogP contribution in [-0.4, -0.2) is 71.8 Å². The van der Waals surface area contributed by atoms with Gasteiger partial charge in [0, 0.05) is 51.1 Å². The Hall–Kier alpha value is -2.65. The van der Waals surface area contributed by atoms with E-state index in [0.29, 0.717) is 50.1 Å². The van der Waals surface area contributed by atoms with Crippen LogP contribution in [0.2, 0.25) is 0 Å². The number of piperazine rings is 1. The summed E-state index contributed by atoms with van der Waals surface area (Å²) in [5, 5.41) is 0.619. The molecule has 0 aliphatic carbocycles. The molecule has 0 atom stereocenters. The molecule has 29 heavy (non-hydrogen) atoms. The molecule has 4 rings (SSSR count). The molecular formula is C20H23N3O5S. The quantitative estimate of drug-likeness (QED) is 0.703. The normalized spacial score (nSPS) is 17.1. The lowest BCUT2D eigenvalue weighted by atomic mass is 10.1. The average Bonchev–Trinajstić information content (AvgIpc) is 3.36. The van der Waals surface area contributed by atoms with Gasteiger partial charge in [0.25, 0.3) is 5.91 Å². The van der Waals surface area contributed by atoms with Crippen LogP contribution in [0.3, 0.4) is 0 Å². The lowest BCUT2D eigenvalue weighted by Gasteiger charge is -2.36. The molecule has 0 spiro atoms. The van der Waals surface area contributed by atoms with Gasteiger partial charge in [0.1, 0.15) is 0 Å². The summed E-state index contributed by atoms with van der Waals surface area (Å²) in [7, 11) is 0. The number of nitrogens with zero attached hydrogens (tertiary/aromatic N) is 3. The van der Waals surface area contributed by atoms with Gasteiger partial charge in [0.2, 0.25) is 5.91 Å². The van der Waals surface area contributed by atoms with E-state index in [1.165, 1.54) is 29.4 Å². The fraction of sp³-hybridized carbons (Fsp3) is 0.450. The lowest BCUT2D eigenvalue weighted by molar-refractivity contribution is -0.134. The number of rotatable bonds is 4. The van der Waals surface area contributed by atoms with Crippen LogP contribution in [0, 0.1) is 0 Å². The second-order valence-electron chi connectivity index (χ2n) is 7.22. The van der Waals surface area contributed by atoms with Gasteiger partial charge in [-0.1, -0.05) is 0 Å². The van der Waals surface area contributed by atoms with E-state index < -0.39 is 0 Å². The molecule has 0 saturated carbocycles. The summed E-state index contributed by atoms with van der Waals surface area (Å²) in [6.45, 7) is 5.29. The Kier molecular flexibility index (Phi) is 5.68. The minimum absolute atomic E-state index is 0.0778. The van der Waals surface area contributed by atoms with Crippen LogP contribution in [0.4, 0.5) is 0 Å². The van der Waals surface area contributed by atoms with E-state index >= 15 is 0 Å². The van der Waals surface area contributed by atoms with Crippen LogP contribution >= 0.6 is 11.3 Å². The van der Waals surface area contributed by atoms with Gasteiger partial charge in [-0.15, -0.1) is 11.3 Å². The maximum atomic E-state index is 12.7. The fourth-order valence-electron chi connectivity index (χ4n) is 3.70. The van der Waals surface area contributed by atoms with Crippen LogP contribution < -0.4 is 4.74 Å². The smallest absolute Gasteiger partial charge is 0.308 e. The first-order valence-electron chi connectivity index (χ1n) is 9.62. The molecule has 0 unspecified atom stereocenters. The Morgan fingerprint density at radius 2 is 1.90 bits per heavy atom. The molecule has 0 aromatic carbocycles. The van der Waals surface area contributed by atoms with Crippen molar-refractivity contribution in [1.29, 1.82) is 0 Å². The zero-order valence-electron chi connectivity index (χ0n) is 16.3. The van der Waals surface area contributed by atoms with Crippen LogP contribution in [0.25, 0.3) is 0 Å². The van der Waals surface area contributed by atoms with Gasteiger partial charge in [-0.05, 0) is 30.2 Å². The molecule has 2 aromatic heterocycles. The Bertz CT molecular complexity index is 899. The first kappa shape index (κ1) is 19.7. The van der Waals surface area contributed by atoms with Crippen LogP contribution in [0.5, 0.6) is 5.06 Å². The average molecular weight is 417 g/mol. The van der Waals surface area contributed by atoms with Gasteiger partial charge in [0.15, 0.2) is 10.8 Å². The van der Waals surface area contributed by atoms with Crippen molar-refractivity contribution in [2.24, 2.45) is 0 Å². The largest absolute Gasteiger partial charge is 0.459 e. The van der Waals surface area contributed by atoms with Crippen molar-refractivity contribution in [1.82, 2.24) is 14.7 Å². The molecule has 4 heterocycles. The molecule has 2 aliphatic rings. The molecule has 9 heteroatoms. The molecule has 0 N–H and O–H groups in total. The van der Waals surface area contributed by atoms with Crippen LogP contribution in [0.1, 0.15) is 27.9 Å². The summed E-state index contributed by atoms with van der Waals surface area (Å²) in [4.78, 5) is 43.1. The molecule has 2 amide bonds. The van der Waals surface area contributed by atoms with Gasteiger partial charge in [0.05, 0.1) is 12.8 Å². The highest BCUT2D eigenvalue weighted by Gasteiger charge is 2.28. The number of furan rings is 1. The number of hydrogen-bond acceptors (Lipinski definition) is 7. The predicted molar refractivity (Wildman–Crippen MR) is 106 cm³/mol. The molecule has 0 radical (unpaired) electrons. The standard InChI is InChI=1S/C20H23N3O5S/c1-14(24)28-19-11-15-12-21(5-4-17(15)29-19)13-18(25)22-6-8-23(9-7-22)20(26)16-3-2-10-27-16/h2-3,10-11H,4-9,12-13H2,1H3. The van der Waals surface area contributed by atoms with Crippen molar-refractivity contribution in [3.05, 3.63) is 40.7 Å². The van der Waals surface area contributed by atoms with Crippen molar-refractivity contribution in [3.8, 4) is 5.06 Å². The minimum Gasteiger partial charge on any atom is -0.459 e. The number of carbonyl (C=O) groups is 3. The Labute approximate surface area is 172 Å². The zero-order valence-corrected chi connectivity index (χ0v) is 17.1. The maximum absolute atomic E-state index is 12.7. The van der Waals surface area contributed by atoms with Gasteiger partial charge >= 0.3 is 5.97 Å². The van der Waals surface area contributed by atoms with Gasteiger partial charge in [-0.25, -0.2) is 0 Å². The highest BCUT2D eigenvalue weighted by atomic mass is 32.1. The van der Waals surface area contributed by atoms with Crippen molar-refractivity contribution in [2.75, 3.05) is 39.3 Å². The Morgan fingerprint density at radius 3 is 2.59 bits per heavy atom. The van der Waals surface area contributed by atoms with Crippen molar-refractivity contribution < 1.29 is 23.5 Å². The number of fused-ring (bicyclic) bond motifs is 1. The summed E-state index contributed by atoms with van der Waals surface area (Å²) >= 11 is 1.50. The third-order valence-electron chi connectivity index (χ3n) is 5.18. The molecule has 2 aliphatic heterocycles. The molecule has 8 nitrogen and oxygen atoms in total. The maximum Gasteiger partial charge on any atom is 0.308 e. The number of carbonyl (C=O) groups excluding carboxylic acids is 3. The number of esters is 1. The molecule has 1 fully saturated rings. The lowest BCUT2D eigenvalue weighted by Crippen LogP contribution is -2.52. The first-order valence-corrected chi connectivity index (χ1v) is 10.4. The molecular weight excluding hydrogens is 394 g/mol. The van der Waals surface area contributed by atoms with E-state index in [1.807, 2.05) is 11.0 Å². The summed E-state index contributed by atoms with van der Waals surface area (Å²) in [6, 6.07) is 5.25. The molecule has 0 bridgehead atoms. The second-order valence-corrected chi connectivity index (χ2v) is 8.32. The fourth-order valence-corrected chi connectivity index (χ4v) is 4.75. The van der Waals surface area contributed by atoms with Crippen LogP contribution in [-0.2, 0) is 22.6 Å². The summed E-state index contributed by atoms with van der Waals surface area (Å²) in [6.07, 6.45) is 2.33. The van der Waals surface area contributed by atoms with E-state index in [1.54, 1.807) is 17.0 Å². The van der Waals surface area contributed by atoms with Crippen molar-refractivity contribution in [3.63, 3.8) is 0 Å². The number of amides is 2. The Morgan fingerprint density at radius 1 is 1.14 bits per heavy atom. The monoisotopic (exact) mass is 417 g/mol. The summed E-state index contributed by atoms with van der Waals surface area (Å²) in [5.74, 6) is -0.0428. The van der Waals surface area contributed by atoms with E-state index in [4.69, 9.17) is 9.15 Å². The number of thiophene rings is 1. The summed E-state index contributed by atoms with van der Waals surface area (Å²) in [5.41, 5.74) is 1.12. The Balaban J connectivity index is 1.28. The predicted octanol–water partition coefficient (Wildman–Crippen LogP) is 1.61. The molecule has 1 saturated heterocycles. The number of ether oxygens (including phenoxy) is 1. The third kappa shape index (κ3) is 4.51. The van der Waals surface area contributed by atoms with Gasteiger partial charge in [-0.3, -0.25) is 19.3 Å². The van der Waals surface area contributed by atoms with Crippen molar-refractivity contribution >= 4 is 29.1 Å².